The van der Waals surface area contributed by atoms with Crippen molar-refractivity contribution in [2.75, 3.05) is 13.1 Å². The van der Waals surface area contributed by atoms with Crippen molar-refractivity contribution in [2.24, 2.45) is 0 Å². The smallest absolute Gasteiger partial charge is 0.252 e. The predicted octanol–water partition coefficient (Wildman–Crippen LogP) is 2.86. The second kappa shape index (κ2) is 7.75. The zero-order valence-corrected chi connectivity index (χ0v) is 15.6. The minimum absolute atomic E-state index is 0.0887. The molecular formula is C18H29N5O. The molecule has 0 atom stereocenters. The molecule has 132 valence electrons. The molecule has 0 aromatic carbocycles. The zero-order chi connectivity index (χ0) is 17.9. The van der Waals surface area contributed by atoms with E-state index in [4.69, 9.17) is 0 Å². The molecule has 0 saturated carbocycles. The summed E-state index contributed by atoms with van der Waals surface area (Å²) in [6.07, 6.45) is 3.39. The SMILES string of the molecule is CC(C)N(CCNC(=O)c1cnc2c(cnn2C(C)C)c1)C(C)C. The summed E-state index contributed by atoms with van der Waals surface area (Å²) in [5.41, 5.74) is 1.39. The van der Waals surface area contributed by atoms with Gasteiger partial charge in [-0.2, -0.15) is 5.10 Å². The van der Waals surface area contributed by atoms with E-state index < -0.39 is 0 Å². The molecule has 0 aliphatic carbocycles. The Labute approximate surface area is 144 Å². The number of carbonyl (C=O) groups excluding carboxylic acids is 1. The molecule has 2 aromatic rings. The average molecular weight is 331 g/mol. The van der Waals surface area contributed by atoms with Gasteiger partial charge in [0.05, 0.1) is 11.8 Å². The highest BCUT2D eigenvalue weighted by molar-refractivity contribution is 5.96. The molecule has 2 aromatic heterocycles. The molecule has 0 aliphatic rings. The van der Waals surface area contributed by atoms with Crippen molar-refractivity contribution in [3.63, 3.8) is 0 Å². The first-order chi connectivity index (χ1) is 11.3. The topological polar surface area (TPSA) is 63.1 Å². The van der Waals surface area contributed by atoms with Crippen molar-refractivity contribution in [1.82, 2.24) is 25.0 Å². The van der Waals surface area contributed by atoms with Crippen molar-refractivity contribution in [3.8, 4) is 0 Å². The fraction of sp³-hybridized carbons (Fsp3) is 0.611. The maximum absolute atomic E-state index is 12.4. The Morgan fingerprint density at radius 1 is 1.17 bits per heavy atom. The van der Waals surface area contributed by atoms with Crippen molar-refractivity contribution in [3.05, 3.63) is 24.0 Å². The second-order valence-corrected chi connectivity index (χ2v) is 7.00. The first-order valence-corrected chi connectivity index (χ1v) is 8.68. The Bertz CT molecular complexity index is 682. The van der Waals surface area contributed by atoms with Gasteiger partial charge >= 0.3 is 0 Å². The number of carbonyl (C=O) groups is 1. The van der Waals surface area contributed by atoms with Gasteiger partial charge in [-0.3, -0.25) is 9.69 Å². The first kappa shape index (κ1) is 18.4. The molecule has 24 heavy (non-hydrogen) atoms. The number of hydrogen-bond acceptors (Lipinski definition) is 4. The van der Waals surface area contributed by atoms with E-state index in [2.05, 4.69) is 61.8 Å². The molecule has 6 heteroatoms. The molecule has 2 heterocycles. The molecule has 6 nitrogen and oxygen atoms in total. The average Bonchev–Trinajstić information content (AvgIpc) is 2.93. The number of hydrogen-bond donors (Lipinski definition) is 1. The van der Waals surface area contributed by atoms with Crippen LogP contribution in [-0.4, -0.2) is 50.7 Å². The summed E-state index contributed by atoms with van der Waals surface area (Å²) in [5, 5.41) is 8.21. The van der Waals surface area contributed by atoms with Crippen LogP contribution in [0.3, 0.4) is 0 Å². The van der Waals surface area contributed by atoms with E-state index >= 15 is 0 Å². The van der Waals surface area contributed by atoms with Gasteiger partial charge in [-0.15, -0.1) is 0 Å². The third-order valence-electron chi connectivity index (χ3n) is 4.17. The van der Waals surface area contributed by atoms with Crippen LogP contribution in [0, 0.1) is 0 Å². The fourth-order valence-corrected chi connectivity index (χ4v) is 2.96. The van der Waals surface area contributed by atoms with Crippen LogP contribution < -0.4 is 5.32 Å². The van der Waals surface area contributed by atoms with Gasteiger partial charge in [-0.1, -0.05) is 0 Å². The first-order valence-electron chi connectivity index (χ1n) is 8.68. The van der Waals surface area contributed by atoms with Gasteiger partial charge in [0.1, 0.15) is 0 Å². The van der Waals surface area contributed by atoms with Gasteiger partial charge in [-0.25, -0.2) is 9.67 Å². The minimum atomic E-state index is -0.0887. The summed E-state index contributed by atoms with van der Waals surface area (Å²) in [4.78, 5) is 19.1. The van der Waals surface area contributed by atoms with E-state index in [0.29, 0.717) is 24.2 Å². The van der Waals surface area contributed by atoms with Crippen LogP contribution in [0.1, 0.15) is 57.9 Å². The number of aromatic nitrogens is 3. The molecule has 0 unspecified atom stereocenters. The maximum atomic E-state index is 12.4. The van der Waals surface area contributed by atoms with E-state index in [-0.39, 0.29) is 11.9 Å². The van der Waals surface area contributed by atoms with Crippen LogP contribution in [0.25, 0.3) is 11.0 Å². The Morgan fingerprint density at radius 3 is 2.42 bits per heavy atom. The van der Waals surface area contributed by atoms with Crippen molar-refractivity contribution in [2.45, 2.75) is 59.7 Å². The van der Waals surface area contributed by atoms with Crippen molar-refractivity contribution >= 4 is 16.9 Å². The number of fused-ring (bicyclic) bond motifs is 1. The number of rotatable bonds is 7. The van der Waals surface area contributed by atoms with Crippen molar-refractivity contribution < 1.29 is 4.79 Å². The molecule has 0 aliphatic heterocycles. The lowest BCUT2D eigenvalue weighted by atomic mass is 10.2. The Kier molecular flexibility index (Phi) is 5.94. The lowest BCUT2D eigenvalue weighted by Gasteiger charge is -2.30. The summed E-state index contributed by atoms with van der Waals surface area (Å²) in [5.74, 6) is -0.0887. The predicted molar refractivity (Wildman–Crippen MR) is 97.2 cm³/mol. The third kappa shape index (κ3) is 4.12. The Balaban J connectivity index is 2.01. The van der Waals surface area contributed by atoms with Crippen LogP contribution in [0.4, 0.5) is 0 Å². The molecule has 0 bridgehead atoms. The summed E-state index contributed by atoms with van der Waals surface area (Å²) >= 11 is 0. The van der Waals surface area contributed by atoms with Crippen LogP contribution >= 0.6 is 0 Å². The van der Waals surface area contributed by atoms with Crippen LogP contribution in [0.5, 0.6) is 0 Å². The molecule has 0 fully saturated rings. The van der Waals surface area contributed by atoms with Gasteiger partial charge in [0.25, 0.3) is 5.91 Å². The molecule has 0 radical (unpaired) electrons. The summed E-state index contributed by atoms with van der Waals surface area (Å²) in [6.45, 7) is 14.3. The molecule has 1 amide bonds. The zero-order valence-electron chi connectivity index (χ0n) is 15.6. The molecule has 0 spiro atoms. The Morgan fingerprint density at radius 2 is 1.83 bits per heavy atom. The van der Waals surface area contributed by atoms with Gasteiger partial charge in [0.2, 0.25) is 0 Å². The fourth-order valence-electron chi connectivity index (χ4n) is 2.96. The number of nitrogens with one attached hydrogen (secondary N) is 1. The van der Waals surface area contributed by atoms with Gasteiger partial charge < -0.3 is 5.32 Å². The van der Waals surface area contributed by atoms with Gasteiger partial charge in [0.15, 0.2) is 5.65 Å². The lowest BCUT2D eigenvalue weighted by Crippen LogP contribution is -2.42. The normalized spacial score (nSPS) is 12.1. The van der Waals surface area contributed by atoms with E-state index in [1.165, 1.54) is 0 Å². The minimum Gasteiger partial charge on any atom is -0.351 e. The monoisotopic (exact) mass is 331 g/mol. The summed E-state index contributed by atoms with van der Waals surface area (Å²) < 4.78 is 1.86. The summed E-state index contributed by atoms with van der Waals surface area (Å²) in [6, 6.07) is 3.02. The van der Waals surface area contributed by atoms with E-state index in [1.54, 1.807) is 12.4 Å². The third-order valence-corrected chi connectivity index (χ3v) is 4.17. The maximum Gasteiger partial charge on any atom is 0.252 e. The molecule has 0 saturated heterocycles. The van der Waals surface area contributed by atoms with Crippen LogP contribution in [-0.2, 0) is 0 Å². The largest absolute Gasteiger partial charge is 0.351 e. The highest BCUT2D eigenvalue weighted by atomic mass is 16.1. The van der Waals surface area contributed by atoms with E-state index in [0.717, 1.165) is 17.6 Å². The van der Waals surface area contributed by atoms with E-state index in [1.807, 2.05) is 10.7 Å². The van der Waals surface area contributed by atoms with Gasteiger partial charge in [-0.05, 0) is 47.6 Å². The van der Waals surface area contributed by atoms with E-state index in [9.17, 15) is 4.79 Å². The molecule has 2 rings (SSSR count). The lowest BCUT2D eigenvalue weighted by molar-refractivity contribution is 0.0939. The Hall–Kier alpha value is -1.95. The van der Waals surface area contributed by atoms with Gasteiger partial charge in [0, 0.05) is 42.8 Å². The van der Waals surface area contributed by atoms with Crippen LogP contribution in [0.2, 0.25) is 0 Å². The van der Waals surface area contributed by atoms with Crippen LogP contribution in [0.15, 0.2) is 18.5 Å². The standard InChI is InChI=1S/C18H29N5O/c1-12(2)22(13(3)4)8-7-19-18(24)16-9-15-11-21-23(14(5)6)17(15)20-10-16/h9-14H,7-8H2,1-6H3,(H,19,24). The summed E-state index contributed by atoms with van der Waals surface area (Å²) in [7, 11) is 0. The highest BCUT2D eigenvalue weighted by Crippen LogP contribution is 2.16. The molecule has 1 N–H and O–H groups in total. The number of nitrogens with zero attached hydrogens (tertiary/aromatic N) is 4. The second-order valence-electron chi connectivity index (χ2n) is 7.00. The number of pyridine rings is 1. The molecular weight excluding hydrogens is 302 g/mol. The van der Waals surface area contributed by atoms with Crippen molar-refractivity contribution in [1.29, 1.82) is 0 Å². The number of amides is 1. The quantitative estimate of drug-likeness (QED) is 0.847. The highest BCUT2D eigenvalue weighted by Gasteiger charge is 2.14.